The van der Waals surface area contributed by atoms with E-state index in [0.29, 0.717) is 0 Å². The molecule has 0 unspecified atom stereocenters. The highest BCUT2D eigenvalue weighted by Gasteiger charge is 2.30. The summed E-state index contributed by atoms with van der Waals surface area (Å²) in [5.74, 6) is -2.94. The molecule has 0 aliphatic carbocycles. The van der Waals surface area contributed by atoms with Gasteiger partial charge in [-0.25, -0.2) is 9.18 Å². The topological polar surface area (TPSA) is 86.5 Å². The Morgan fingerprint density at radius 1 is 1.10 bits per heavy atom. The maximum atomic E-state index is 13.7. The van der Waals surface area contributed by atoms with Gasteiger partial charge in [-0.2, -0.15) is 0 Å². The highest BCUT2D eigenvalue weighted by atomic mass is 19.1. The van der Waals surface area contributed by atoms with Crippen LogP contribution in [0.5, 0.6) is 0 Å². The number of Topliss-reactive ketones (excluding diaryl/α,β-unsaturated/α-hetero) is 2. The van der Waals surface area contributed by atoms with Crippen molar-refractivity contribution < 1.29 is 23.5 Å². The molecule has 114 valence electrons. The van der Waals surface area contributed by atoms with Gasteiger partial charge in [0.05, 0.1) is 5.92 Å². The fraction of sp³-hybridized carbons (Fsp3) is 0.643. The van der Waals surface area contributed by atoms with Gasteiger partial charge in [-0.3, -0.25) is 9.59 Å². The minimum absolute atomic E-state index is 0.289. The van der Waals surface area contributed by atoms with Crippen LogP contribution in [0.15, 0.2) is 11.9 Å². The van der Waals surface area contributed by atoms with E-state index in [1.807, 2.05) is 0 Å². The van der Waals surface area contributed by atoms with Crippen molar-refractivity contribution in [2.45, 2.75) is 34.1 Å². The lowest BCUT2D eigenvalue weighted by atomic mass is 9.84. The fourth-order valence-electron chi connectivity index (χ4n) is 1.64. The van der Waals surface area contributed by atoms with Gasteiger partial charge in [-0.05, 0) is 6.08 Å². The first kappa shape index (κ1) is 18.3. The molecule has 0 aliphatic rings. The van der Waals surface area contributed by atoms with Crippen molar-refractivity contribution in [3.8, 4) is 0 Å². The zero-order valence-corrected chi connectivity index (χ0v) is 12.3. The van der Waals surface area contributed by atoms with Gasteiger partial charge >= 0.3 is 6.09 Å². The first-order valence-corrected chi connectivity index (χ1v) is 6.51. The molecule has 0 bridgehead atoms. The first-order chi connectivity index (χ1) is 9.16. The van der Waals surface area contributed by atoms with E-state index in [4.69, 9.17) is 5.73 Å². The number of rotatable bonds is 8. The number of nitrogens with two attached hydrogens (primary N) is 1. The summed E-state index contributed by atoms with van der Waals surface area (Å²) < 4.78 is 18.0. The molecule has 0 rings (SSSR count). The summed E-state index contributed by atoms with van der Waals surface area (Å²) in [6.45, 7) is 6.35. The minimum Gasteiger partial charge on any atom is -0.445 e. The molecule has 0 atom stereocenters. The van der Waals surface area contributed by atoms with Crippen LogP contribution in [0.4, 0.5) is 9.18 Å². The van der Waals surface area contributed by atoms with Crippen molar-refractivity contribution in [2.75, 3.05) is 6.61 Å². The molecule has 0 radical (unpaired) electrons. The van der Waals surface area contributed by atoms with Crippen molar-refractivity contribution in [3.63, 3.8) is 0 Å². The molecule has 0 saturated carbocycles. The monoisotopic (exact) mass is 287 g/mol. The molecule has 5 nitrogen and oxygen atoms in total. The van der Waals surface area contributed by atoms with Crippen LogP contribution in [0.25, 0.3) is 0 Å². The van der Waals surface area contributed by atoms with Crippen LogP contribution < -0.4 is 5.73 Å². The lowest BCUT2D eigenvalue weighted by molar-refractivity contribution is -0.136. The van der Waals surface area contributed by atoms with Gasteiger partial charge in [0, 0.05) is 18.3 Å². The molecule has 0 heterocycles. The standard InChI is InChI=1S/C14H22FNO4/c1-8(2)12(17)11(13(18)9(3)4)7-10(15)5-6-20-14(16)19/h5,8-9,11H,6-7H2,1-4H3,(H2,16,19)/b10-5-. The Kier molecular flexibility index (Phi) is 7.72. The Morgan fingerprint density at radius 3 is 1.90 bits per heavy atom. The van der Waals surface area contributed by atoms with E-state index in [9.17, 15) is 18.8 Å². The van der Waals surface area contributed by atoms with Crippen LogP contribution >= 0.6 is 0 Å². The zero-order valence-electron chi connectivity index (χ0n) is 12.3. The van der Waals surface area contributed by atoms with E-state index >= 15 is 0 Å². The minimum atomic E-state index is -1.01. The first-order valence-electron chi connectivity index (χ1n) is 6.51. The smallest absolute Gasteiger partial charge is 0.404 e. The SMILES string of the molecule is CC(C)C(=O)C(C/C(F)=C/COC(N)=O)C(=O)C(C)C. The van der Waals surface area contributed by atoms with Crippen LogP contribution in [0.1, 0.15) is 34.1 Å². The molecule has 0 fully saturated rings. The second-order valence-corrected chi connectivity index (χ2v) is 5.15. The highest BCUT2D eigenvalue weighted by Crippen LogP contribution is 2.21. The van der Waals surface area contributed by atoms with Crippen molar-refractivity contribution in [2.24, 2.45) is 23.5 Å². The molecule has 0 aromatic carbocycles. The second-order valence-electron chi connectivity index (χ2n) is 5.15. The van der Waals surface area contributed by atoms with E-state index in [-0.39, 0.29) is 36.4 Å². The molecular weight excluding hydrogens is 265 g/mol. The summed E-state index contributed by atoms with van der Waals surface area (Å²) in [7, 11) is 0. The molecule has 0 aromatic heterocycles. The molecule has 1 amide bonds. The summed E-state index contributed by atoms with van der Waals surface area (Å²) in [4.78, 5) is 34.3. The fourth-order valence-corrected chi connectivity index (χ4v) is 1.64. The lowest BCUT2D eigenvalue weighted by Gasteiger charge is -2.18. The lowest BCUT2D eigenvalue weighted by Crippen LogP contribution is -2.30. The van der Waals surface area contributed by atoms with Gasteiger partial charge in [0.25, 0.3) is 0 Å². The maximum Gasteiger partial charge on any atom is 0.404 e. The van der Waals surface area contributed by atoms with Crippen LogP contribution in [0.2, 0.25) is 0 Å². The number of halogens is 1. The predicted molar refractivity (Wildman–Crippen MR) is 72.5 cm³/mol. The number of primary amides is 1. The van der Waals surface area contributed by atoms with Crippen LogP contribution in [-0.4, -0.2) is 24.3 Å². The summed E-state index contributed by atoms with van der Waals surface area (Å²) in [6.07, 6.45) is -0.322. The zero-order chi connectivity index (χ0) is 15.9. The summed E-state index contributed by atoms with van der Waals surface area (Å²) >= 11 is 0. The normalized spacial score (nSPS) is 12.1. The number of allylic oxidation sites excluding steroid dienone is 1. The Hall–Kier alpha value is -1.72. The van der Waals surface area contributed by atoms with E-state index in [1.165, 1.54) is 0 Å². The largest absolute Gasteiger partial charge is 0.445 e. The third-order valence-electron chi connectivity index (χ3n) is 2.75. The van der Waals surface area contributed by atoms with Gasteiger partial charge in [-0.15, -0.1) is 0 Å². The molecule has 20 heavy (non-hydrogen) atoms. The molecule has 2 N–H and O–H groups in total. The number of hydrogen-bond acceptors (Lipinski definition) is 4. The van der Waals surface area contributed by atoms with Gasteiger partial charge in [0.15, 0.2) is 0 Å². The van der Waals surface area contributed by atoms with Crippen molar-refractivity contribution in [1.29, 1.82) is 0 Å². The molecule has 0 spiro atoms. The van der Waals surface area contributed by atoms with E-state index in [0.717, 1.165) is 6.08 Å². The average molecular weight is 287 g/mol. The molecule has 6 heteroatoms. The van der Waals surface area contributed by atoms with Gasteiger partial charge in [0.1, 0.15) is 24.0 Å². The van der Waals surface area contributed by atoms with Gasteiger partial charge < -0.3 is 10.5 Å². The predicted octanol–water partition coefficient (Wildman–Crippen LogP) is 2.39. The summed E-state index contributed by atoms with van der Waals surface area (Å²) in [5, 5.41) is 0. The number of amides is 1. The Morgan fingerprint density at radius 2 is 1.55 bits per heavy atom. The van der Waals surface area contributed by atoms with Crippen molar-refractivity contribution >= 4 is 17.7 Å². The molecule has 0 saturated heterocycles. The number of carbonyl (C=O) groups excluding carboxylic acids is 3. The van der Waals surface area contributed by atoms with E-state index < -0.39 is 17.8 Å². The Labute approximate surface area is 118 Å². The van der Waals surface area contributed by atoms with Crippen LogP contribution in [-0.2, 0) is 14.3 Å². The van der Waals surface area contributed by atoms with Gasteiger partial charge in [0.2, 0.25) is 0 Å². The van der Waals surface area contributed by atoms with Crippen molar-refractivity contribution in [3.05, 3.63) is 11.9 Å². The third kappa shape index (κ3) is 6.45. The quantitative estimate of drug-likeness (QED) is 0.694. The second kappa shape index (κ2) is 8.45. The van der Waals surface area contributed by atoms with E-state index in [2.05, 4.69) is 4.74 Å². The van der Waals surface area contributed by atoms with Crippen LogP contribution in [0.3, 0.4) is 0 Å². The third-order valence-corrected chi connectivity index (χ3v) is 2.75. The number of carbonyl (C=O) groups is 3. The highest BCUT2D eigenvalue weighted by molar-refractivity contribution is 6.04. The van der Waals surface area contributed by atoms with Crippen LogP contribution in [0, 0.1) is 17.8 Å². The molecule has 0 aromatic rings. The summed E-state index contributed by atoms with van der Waals surface area (Å²) in [5.41, 5.74) is 4.73. The number of ether oxygens (including phenoxy) is 1. The average Bonchev–Trinajstić information content (AvgIpc) is 2.33. The summed E-state index contributed by atoms with van der Waals surface area (Å²) in [6, 6.07) is 0. The van der Waals surface area contributed by atoms with Crippen molar-refractivity contribution in [1.82, 2.24) is 0 Å². The Balaban J connectivity index is 4.85. The maximum absolute atomic E-state index is 13.7. The van der Waals surface area contributed by atoms with E-state index in [1.54, 1.807) is 27.7 Å². The Bertz CT molecular complexity index is 382. The number of ketones is 2. The number of hydrogen-bond donors (Lipinski definition) is 1. The van der Waals surface area contributed by atoms with Gasteiger partial charge in [-0.1, -0.05) is 27.7 Å². The molecule has 0 aliphatic heterocycles. The molecular formula is C14H22FNO4.